The lowest BCUT2D eigenvalue weighted by molar-refractivity contribution is 0.171. The van der Waals surface area contributed by atoms with Gasteiger partial charge in [-0.15, -0.1) is 0 Å². The molecule has 1 aromatic rings. The van der Waals surface area contributed by atoms with E-state index in [1.807, 2.05) is 23.1 Å². The van der Waals surface area contributed by atoms with Gasteiger partial charge in [0.2, 0.25) is 0 Å². The summed E-state index contributed by atoms with van der Waals surface area (Å²) >= 11 is 0. The maximum atomic E-state index is 9.15. The lowest BCUT2D eigenvalue weighted by atomic mass is 10.2. The van der Waals surface area contributed by atoms with Gasteiger partial charge in [-0.3, -0.25) is 0 Å². The number of ether oxygens (including phenoxy) is 3. The van der Waals surface area contributed by atoms with Crippen LogP contribution in [0.25, 0.3) is 0 Å². The minimum Gasteiger partial charge on any atom is -0.486 e. The summed E-state index contributed by atoms with van der Waals surface area (Å²) < 4.78 is 16.3. The average molecular weight is 253 g/mol. The van der Waals surface area contributed by atoms with Gasteiger partial charge in [0.25, 0.3) is 0 Å². The quantitative estimate of drug-likeness (QED) is 0.816. The van der Waals surface area contributed by atoms with Gasteiger partial charge in [-0.25, -0.2) is 0 Å². The summed E-state index contributed by atoms with van der Waals surface area (Å²) in [5, 5.41) is 9.15. The van der Waals surface area contributed by atoms with Crippen molar-refractivity contribution >= 4 is 5.69 Å². The predicted molar refractivity (Wildman–Crippen MR) is 68.6 cm³/mol. The zero-order chi connectivity index (χ0) is 12.8. The van der Waals surface area contributed by atoms with Gasteiger partial charge < -0.3 is 24.2 Å². The van der Waals surface area contributed by atoms with Gasteiger partial charge >= 0.3 is 0 Å². The van der Waals surface area contributed by atoms with E-state index in [9.17, 15) is 0 Å². The molecule has 100 valence electrons. The van der Waals surface area contributed by atoms with Crippen LogP contribution in [0.3, 0.4) is 0 Å². The predicted octanol–water partition coefficient (Wildman–Crippen LogP) is 0.903. The first-order valence-corrected chi connectivity index (χ1v) is 6.10. The number of methoxy groups -OCH3 is 1. The van der Waals surface area contributed by atoms with Crippen molar-refractivity contribution in [2.24, 2.45) is 0 Å². The van der Waals surface area contributed by atoms with Crippen LogP contribution in [-0.2, 0) is 4.74 Å². The third-order valence-corrected chi connectivity index (χ3v) is 2.82. The molecule has 5 nitrogen and oxygen atoms in total. The average Bonchev–Trinajstić information content (AvgIpc) is 2.43. The Labute approximate surface area is 107 Å². The van der Waals surface area contributed by atoms with Crippen molar-refractivity contribution in [3.63, 3.8) is 0 Å². The molecule has 18 heavy (non-hydrogen) atoms. The topological polar surface area (TPSA) is 51.2 Å². The number of anilines is 1. The first kappa shape index (κ1) is 13.0. The molecule has 1 N–H and O–H groups in total. The van der Waals surface area contributed by atoms with Crippen LogP contribution in [0.4, 0.5) is 5.69 Å². The van der Waals surface area contributed by atoms with Crippen LogP contribution in [0.15, 0.2) is 18.2 Å². The van der Waals surface area contributed by atoms with Crippen molar-refractivity contribution in [3.05, 3.63) is 18.2 Å². The number of para-hydroxylation sites is 1. The minimum atomic E-state index is 0.0915. The van der Waals surface area contributed by atoms with E-state index in [2.05, 4.69) is 0 Å². The molecular weight excluding hydrogens is 234 g/mol. The van der Waals surface area contributed by atoms with E-state index in [0.29, 0.717) is 32.9 Å². The number of aliphatic hydroxyl groups is 1. The molecule has 0 amide bonds. The van der Waals surface area contributed by atoms with Gasteiger partial charge in [-0.1, -0.05) is 6.07 Å². The molecule has 0 spiro atoms. The maximum Gasteiger partial charge on any atom is 0.184 e. The molecule has 0 aliphatic carbocycles. The van der Waals surface area contributed by atoms with Crippen LogP contribution < -0.4 is 14.4 Å². The monoisotopic (exact) mass is 253 g/mol. The fraction of sp³-hybridized carbons (Fsp3) is 0.538. The number of hydrogen-bond donors (Lipinski definition) is 1. The smallest absolute Gasteiger partial charge is 0.184 e. The molecule has 1 aliphatic heterocycles. The van der Waals surface area contributed by atoms with E-state index >= 15 is 0 Å². The number of rotatable bonds is 6. The molecule has 1 heterocycles. The fourth-order valence-electron chi connectivity index (χ4n) is 1.98. The Morgan fingerprint density at radius 1 is 1.28 bits per heavy atom. The van der Waals surface area contributed by atoms with E-state index in [1.54, 1.807) is 7.11 Å². The zero-order valence-electron chi connectivity index (χ0n) is 10.6. The Morgan fingerprint density at radius 2 is 2.11 bits per heavy atom. The van der Waals surface area contributed by atoms with Crippen LogP contribution in [0, 0.1) is 0 Å². The second-order valence-corrected chi connectivity index (χ2v) is 4.00. The number of benzene rings is 1. The molecule has 2 rings (SSSR count). The van der Waals surface area contributed by atoms with Crippen LogP contribution in [-0.4, -0.2) is 51.7 Å². The van der Waals surface area contributed by atoms with Crippen LogP contribution >= 0.6 is 0 Å². The SMILES string of the molecule is COCCN(CCO)c1cccc2c1OCCO2. The molecule has 1 aromatic carbocycles. The standard InChI is InChI=1S/C13H19NO4/c1-16-8-6-14(5-7-15)11-3-2-4-12-13(11)18-10-9-17-12/h2-4,15H,5-10H2,1H3. The highest BCUT2D eigenvalue weighted by molar-refractivity contribution is 5.65. The van der Waals surface area contributed by atoms with Crippen molar-refractivity contribution < 1.29 is 19.3 Å². The van der Waals surface area contributed by atoms with Gasteiger partial charge in [0.05, 0.1) is 18.9 Å². The van der Waals surface area contributed by atoms with Crippen molar-refractivity contribution in [2.45, 2.75) is 0 Å². The van der Waals surface area contributed by atoms with Crippen molar-refractivity contribution in [2.75, 3.05) is 51.5 Å². The highest BCUT2D eigenvalue weighted by Gasteiger charge is 2.19. The van der Waals surface area contributed by atoms with E-state index in [0.717, 1.165) is 17.2 Å². The Balaban J connectivity index is 2.22. The number of hydrogen-bond acceptors (Lipinski definition) is 5. The minimum absolute atomic E-state index is 0.0915. The first-order valence-electron chi connectivity index (χ1n) is 6.10. The van der Waals surface area contributed by atoms with Gasteiger partial charge in [0.1, 0.15) is 13.2 Å². The maximum absolute atomic E-state index is 9.15. The molecule has 0 saturated heterocycles. The van der Waals surface area contributed by atoms with E-state index in [-0.39, 0.29) is 6.61 Å². The lowest BCUT2D eigenvalue weighted by Gasteiger charge is -2.28. The number of fused-ring (bicyclic) bond motifs is 1. The summed E-state index contributed by atoms with van der Waals surface area (Å²) in [6, 6.07) is 5.80. The lowest BCUT2D eigenvalue weighted by Crippen LogP contribution is -2.31. The normalized spacial score (nSPS) is 13.4. The first-order chi connectivity index (χ1) is 8.86. The van der Waals surface area contributed by atoms with E-state index in [4.69, 9.17) is 19.3 Å². The van der Waals surface area contributed by atoms with Crippen LogP contribution in [0.2, 0.25) is 0 Å². The molecule has 5 heteroatoms. The van der Waals surface area contributed by atoms with Gasteiger partial charge in [-0.2, -0.15) is 0 Å². The number of nitrogens with zero attached hydrogens (tertiary/aromatic N) is 1. The van der Waals surface area contributed by atoms with E-state index < -0.39 is 0 Å². The Morgan fingerprint density at radius 3 is 2.89 bits per heavy atom. The molecule has 0 atom stereocenters. The molecule has 0 fully saturated rings. The third kappa shape index (κ3) is 2.86. The summed E-state index contributed by atoms with van der Waals surface area (Å²) in [5.41, 5.74) is 0.943. The van der Waals surface area contributed by atoms with E-state index in [1.165, 1.54) is 0 Å². The Hall–Kier alpha value is -1.46. The second-order valence-electron chi connectivity index (χ2n) is 4.00. The molecule has 0 unspecified atom stereocenters. The summed E-state index contributed by atoms with van der Waals surface area (Å²) in [7, 11) is 1.66. The summed E-state index contributed by atoms with van der Waals surface area (Å²) in [6.45, 7) is 3.08. The van der Waals surface area contributed by atoms with Crippen LogP contribution in [0.5, 0.6) is 11.5 Å². The highest BCUT2D eigenvalue weighted by atomic mass is 16.6. The highest BCUT2D eigenvalue weighted by Crippen LogP contribution is 2.39. The molecule has 1 aliphatic rings. The van der Waals surface area contributed by atoms with Crippen LogP contribution in [0.1, 0.15) is 0 Å². The Kier molecular flexibility index (Phi) is 4.66. The fourth-order valence-corrected chi connectivity index (χ4v) is 1.98. The summed E-state index contributed by atoms with van der Waals surface area (Å²) in [6.07, 6.45) is 0. The van der Waals surface area contributed by atoms with Gasteiger partial charge in [0, 0.05) is 20.2 Å². The molecule has 0 radical (unpaired) electrons. The number of aliphatic hydroxyl groups excluding tert-OH is 1. The summed E-state index contributed by atoms with van der Waals surface area (Å²) in [5.74, 6) is 1.52. The molecule has 0 aromatic heterocycles. The van der Waals surface area contributed by atoms with Crippen molar-refractivity contribution in [3.8, 4) is 11.5 Å². The van der Waals surface area contributed by atoms with Crippen molar-refractivity contribution in [1.82, 2.24) is 0 Å². The summed E-state index contributed by atoms with van der Waals surface area (Å²) in [4.78, 5) is 2.04. The van der Waals surface area contributed by atoms with Gasteiger partial charge in [-0.05, 0) is 12.1 Å². The third-order valence-electron chi connectivity index (χ3n) is 2.82. The van der Waals surface area contributed by atoms with Crippen molar-refractivity contribution in [1.29, 1.82) is 0 Å². The zero-order valence-corrected chi connectivity index (χ0v) is 10.6. The van der Waals surface area contributed by atoms with Gasteiger partial charge in [0.15, 0.2) is 11.5 Å². The largest absolute Gasteiger partial charge is 0.486 e. The molecule has 0 bridgehead atoms. The molecule has 0 saturated carbocycles. The molecular formula is C13H19NO4. The Bertz CT molecular complexity index is 383. The second kappa shape index (κ2) is 6.47.